The zero-order valence-corrected chi connectivity index (χ0v) is 12.4. The second-order valence-electron chi connectivity index (χ2n) is 5.34. The van der Waals surface area contributed by atoms with Crippen molar-refractivity contribution < 1.29 is 9.18 Å². The van der Waals surface area contributed by atoms with Gasteiger partial charge in [0, 0.05) is 17.8 Å². The molecule has 0 aliphatic carbocycles. The van der Waals surface area contributed by atoms with Gasteiger partial charge in [0.05, 0.1) is 5.75 Å². The van der Waals surface area contributed by atoms with Gasteiger partial charge < -0.3 is 11.1 Å². The summed E-state index contributed by atoms with van der Waals surface area (Å²) in [7, 11) is 0. The van der Waals surface area contributed by atoms with Crippen LogP contribution < -0.4 is 11.1 Å². The van der Waals surface area contributed by atoms with Gasteiger partial charge in [0.1, 0.15) is 5.82 Å². The van der Waals surface area contributed by atoms with Gasteiger partial charge in [-0.05, 0) is 38.0 Å². The summed E-state index contributed by atoms with van der Waals surface area (Å²) >= 11 is 1.50. The largest absolute Gasteiger partial charge is 0.351 e. The number of thioether (sulfide) groups is 1. The average molecular weight is 284 g/mol. The maximum absolute atomic E-state index is 13.3. The Balaban J connectivity index is 2.32. The minimum absolute atomic E-state index is 0.0600. The fraction of sp³-hybridized carbons (Fsp3) is 0.500. The second kappa shape index (κ2) is 6.91. The number of amides is 1. The number of nitrogens with two attached hydrogens (primary N) is 1. The zero-order chi connectivity index (χ0) is 14.5. The van der Waals surface area contributed by atoms with Crippen molar-refractivity contribution in [2.24, 2.45) is 5.73 Å². The van der Waals surface area contributed by atoms with E-state index in [0.29, 0.717) is 17.9 Å². The maximum Gasteiger partial charge on any atom is 0.230 e. The topological polar surface area (TPSA) is 55.1 Å². The minimum Gasteiger partial charge on any atom is -0.351 e. The fourth-order valence-electron chi connectivity index (χ4n) is 1.40. The van der Waals surface area contributed by atoms with Crippen LogP contribution in [-0.2, 0) is 11.3 Å². The van der Waals surface area contributed by atoms with Crippen LogP contribution in [0.3, 0.4) is 0 Å². The molecule has 0 fully saturated rings. The molecule has 0 bridgehead atoms. The number of carbonyl (C=O) groups is 1. The number of aryl methyl sites for hydroxylation is 1. The third-order valence-corrected chi connectivity index (χ3v) is 3.85. The number of rotatable bonds is 6. The molecule has 0 aliphatic rings. The first-order valence-corrected chi connectivity index (χ1v) is 7.32. The van der Waals surface area contributed by atoms with E-state index in [2.05, 4.69) is 5.32 Å². The molecular weight excluding hydrogens is 263 g/mol. The van der Waals surface area contributed by atoms with Crippen LogP contribution in [0.25, 0.3) is 0 Å². The summed E-state index contributed by atoms with van der Waals surface area (Å²) in [4.78, 5) is 11.6. The third kappa shape index (κ3) is 6.59. The molecule has 1 rings (SSSR count). The predicted octanol–water partition coefficient (Wildman–Crippen LogP) is 2.22. The molecule has 1 aromatic carbocycles. The standard InChI is InChI=1S/C14H21FN2OS/c1-10-4-5-11(6-12(10)15)7-17-13(18)8-19-9-14(2,3)16/h4-6H,7-9,16H2,1-3H3,(H,17,18). The maximum atomic E-state index is 13.3. The molecule has 1 aromatic rings. The quantitative estimate of drug-likeness (QED) is 0.842. The first kappa shape index (κ1) is 16.0. The van der Waals surface area contributed by atoms with Gasteiger partial charge in [-0.3, -0.25) is 4.79 Å². The second-order valence-corrected chi connectivity index (χ2v) is 6.33. The molecule has 3 N–H and O–H groups in total. The molecule has 0 saturated heterocycles. The highest BCUT2D eigenvalue weighted by Crippen LogP contribution is 2.10. The van der Waals surface area contributed by atoms with Gasteiger partial charge in [0.15, 0.2) is 0 Å². The molecule has 1 amide bonds. The molecule has 106 valence electrons. The molecule has 0 heterocycles. The highest BCUT2D eigenvalue weighted by atomic mass is 32.2. The number of hydrogen-bond donors (Lipinski definition) is 2. The highest BCUT2D eigenvalue weighted by Gasteiger charge is 2.11. The van der Waals surface area contributed by atoms with E-state index in [1.54, 1.807) is 13.0 Å². The normalized spacial score (nSPS) is 11.4. The van der Waals surface area contributed by atoms with E-state index in [9.17, 15) is 9.18 Å². The fourth-order valence-corrected chi connectivity index (χ4v) is 2.32. The molecule has 0 atom stereocenters. The Morgan fingerprint density at radius 3 is 2.74 bits per heavy atom. The minimum atomic E-state index is -0.273. The van der Waals surface area contributed by atoms with Crippen LogP contribution >= 0.6 is 11.8 Å². The zero-order valence-electron chi connectivity index (χ0n) is 11.6. The third-order valence-electron chi connectivity index (χ3n) is 2.43. The Bertz CT molecular complexity index is 444. The van der Waals surface area contributed by atoms with Crippen LogP contribution in [0.15, 0.2) is 18.2 Å². The van der Waals surface area contributed by atoms with Crippen LogP contribution in [0, 0.1) is 12.7 Å². The van der Waals surface area contributed by atoms with Crippen LogP contribution in [-0.4, -0.2) is 23.0 Å². The average Bonchev–Trinajstić information content (AvgIpc) is 2.29. The lowest BCUT2D eigenvalue weighted by Gasteiger charge is -2.17. The SMILES string of the molecule is Cc1ccc(CNC(=O)CSCC(C)(C)N)cc1F. The molecular formula is C14H21FN2OS. The van der Waals surface area contributed by atoms with Crippen molar-refractivity contribution in [3.8, 4) is 0 Å². The van der Waals surface area contributed by atoms with Crippen LogP contribution in [0.2, 0.25) is 0 Å². The van der Waals surface area contributed by atoms with Gasteiger partial charge in [-0.25, -0.2) is 4.39 Å². The van der Waals surface area contributed by atoms with Crippen molar-refractivity contribution in [3.05, 3.63) is 35.1 Å². The van der Waals surface area contributed by atoms with Crippen LogP contribution in [0.4, 0.5) is 4.39 Å². The van der Waals surface area contributed by atoms with Crippen molar-refractivity contribution in [2.45, 2.75) is 32.9 Å². The van der Waals surface area contributed by atoms with E-state index in [0.717, 1.165) is 11.3 Å². The molecule has 0 spiro atoms. The van der Waals surface area contributed by atoms with E-state index in [1.807, 2.05) is 19.9 Å². The number of carbonyl (C=O) groups excluding carboxylic acids is 1. The summed E-state index contributed by atoms with van der Waals surface area (Å²) in [5.41, 5.74) is 6.92. The Kier molecular flexibility index (Phi) is 5.82. The lowest BCUT2D eigenvalue weighted by molar-refractivity contribution is -0.118. The molecule has 0 aromatic heterocycles. The summed E-state index contributed by atoms with van der Waals surface area (Å²) in [5.74, 6) is 0.787. The summed E-state index contributed by atoms with van der Waals surface area (Å²) in [6.07, 6.45) is 0. The molecule has 0 saturated carbocycles. The number of nitrogens with one attached hydrogen (secondary N) is 1. The molecule has 5 heteroatoms. The first-order valence-electron chi connectivity index (χ1n) is 6.16. The lowest BCUT2D eigenvalue weighted by Crippen LogP contribution is -2.35. The smallest absolute Gasteiger partial charge is 0.230 e. The van der Waals surface area contributed by atoms with Crippen LogP contribution in [0.5, 0.6) is 0 Å². The van der Waals surface area contributed by atoms with E-state index < -0.39 is 0 Å². The van der Waals surface area contributed by atoms with Crippen molar-refractivity contribution >= 4 is 17.7 Å². The Labute approximate surface area is 118 Å². The Morgan fingerprint density at radius 2 is 2.16 bits per heavy atom. The Morgan fingerprint density at radius 1 is 1.47 bits per heavy atom. The number of hydrogen-bond acceptors (Lipinski definition) is 3. The number of benzene rings is 1. The van der Waals surface area contributed by atoms with E-state index in [1.165, 1.54) is 17.8 Å². The molecule has 19 heavy (non-hydrogen) atoms. The monoisotopic (exact) mass is 284 g/mol. The predicted molar refractivity (Wildman–Crippen MR) is 78.6 cm³/mol. The summed E-state index contributed by atoms with van der Waals surface area (Å²) < 4.78 is 13.3. The van der Waals surface area contributed by atoms with E-state index in [-0.39, 0.29) is 17.3 Å². The highest BCUT2D eigenvalue weighted by molar-refractivity contribution is 8.00. The summed E-state index contributed by atoms with van der Waals surface area (Å²) in [6.45, 7) is 5.91. The molecule has 0 aliphatic heterocycles. The molecule has 3 nitrogen and oxygen atoms in total. The van der Waals surface area contributed by atoms with Crippen molar-refractivity contribution in [1.29, 1.82) is 0 Å². The molecule has 0 unspecified atom stereocenters. The van der Waals surface area contributed by atoms with Gasteiger partial charge in [-0.2, -0.15) is 11.8 Å². The first-order chi connectivity index (χ1) is 8.78. The van der Waals surface area contributed by atoms with E-state index >= 15 is 0 Å². The Hall–Kier alpha value is -1.07. The van der Waals surface area contributed by atoms with Crippen molar-refractivity contribution in [1.82, 2.24) is 5.32 Å². The summed E-state index contributed by atoms with van der Waals surface area (Å²) in [6, 6.07) is 4.98. The van der Waals surface area contributed by atoms with Crippen LogP contribution in [0.1, 0.15) is 25.0 Å². The lowest BCUT2D eigenvalue weighted by atomic mass is 10.1. The number of halogens is 1. The van der Waals surface area contributed by atoms with Crippen molar-refractivity contribution in [3.63, 3.8) is 0 Å². The van der Waals surface area contributed by atoms with Gasteiger partial charge >= 0.3 is 0 Å². The van der Waals surface area contributed by atoms with Gasteiger partial charge in [-0.1, -0.05) is 12.1 Å². The van der Waals surface area contributed by atoms with Gasteiger partial charge in [0.25, 0.3) is 0 Å². The van der Waals surface area contributed by atoms with Crippen molar-refractivity contribution in [2.75, 3.05) is 11.5 Å². The summed E-state index contributed by atoms with van der Waals surface area (Å²) in [5, 5.41) is 2.76. The van der Waals surface area contributed by atoms with Gasteiger partial charge in [-0.15, -0.1) is 0 Å². The van der Waals surface area contributed by atoms with E-state index in [4.69, 9.17) is 5.73 Å². The molecule has 0 radical (unpaired) electrons. The van der Waals surface area contributed by atoms with Gasteiger partial charge in [0.2, 0.25) is 5.91 Å².